The Labute approximate surface area is 102 Å². The fourth-order valence-electron chi connectivity index (χ4n) is 1.53. The largest absolute Gasteiger partial charge is 0.359 e. The van der Waals surface area contributed by atoms with Gasteiger partial charge in [0.2, 0.25) is 0 Å². The number of nitrogens with zero attached hydrogens (tertiary/aromatic N) is 3. The monoisotopic (exact) mass is 241 g/mol. The second-order valence-electron chi connectivity index (χ2n) is 4.49. The summed E-state index contributed by atoms with van der Waals surface area (Å²) in [6.45, 7) is 5.65. The van der Waals surface area contributed by atoms with Gasteiger partial charge in [-0.25, -0.2) is 0 Å². The highest BCUT2D eigenvalue weighted by molar-refractivity contribution is 8.15. The van der Waals surface area contributed by atoms with E-state index < -0.39 is 0 Å². The Balaban J connectivity index is 2.35. The average Bonchev–Trinajstić information content (AvgIpc) is 2.57. The normalized spacial score (nSPS) is 26.6. The van der Waals surface area contributed by atoms with Gasteiger partial charge in [0.15, 0.2) is 5.04 Å². The van der Waals surface area contributed by atoms with Crippen molar-refractivity contribution >= 4 is 16.8 Å². The van der Waals surface area contributed by atoms with E-state index in [1.165, 1.54) is 11.8 Å². The fourth-order valence-corrected chi connectivity index (χ4v) is 2.45. The SMILES string of the molecule is CC(CCN(C)C)OC1(C)CN=C(C#N)S1. The van der Waals surface area contributed by atoms with Gasteiger partial charge in [-0.1, -0.05) is 11.8 Å². The zero-order chi connectivity index (χ0) is 12.2. The molecule has 0 N–H and O–H groups in total. The first-order chi connectivity index (χ1) is 7.45. The Morgan fingerprint density at radius 3 is 2.88 bits per heavy atom. The van der Waals surface area contributed by atoms with E-state index in [4.69, 9.17) is 10.00 Å². The van der Waals surface area contributed by atoms with Crippen LogP contribution in [-0.4, -0.2) is 48.2 Å². The van der Waals surface area contributed by atoms with Crippen LogP contribution in [0.3, 0.4) is 0 Å². The maximum Gasteiger partial charge on any atom is 0.172 e. The quantitative estimate of drug-likeness (QED) is 0.735. The molecule has 0 bridgehead atoms. The van der Waals surface area contributed by atoms with Crippen molar-refractivity contribution in [3.8, 4) is 6.07 Å². The number of ether oxygens (including phenoxy) is 1. The van der Waals surface area contributed by atoms with Gasteiger partial charge in [-0.3, -0.25) is 4.99 Å². The summed E-state index contributed by atoms with van der Waals surface area (Å²) in [5, 5.41) is 9.27. The van der Waals surface area contributed by atoms with E-state index >= 15 is 0 Å². The summed E-state index contributed by atoms with van der Waals surface area (Å²) < 4.78 is 5.95. The van der Waals surface area contributed by atoms with Gasteiger partial charge in [0.1, 0.15) is 11.0 Å². The Kier molecular flexibility index (Phi) is 4.78. The lowest BCUT2D eigenvalue weighted by atomic mass is 10.2. The molecule has 0 fully saturated rings. The van der Waals surface area contributed by atoms with E-state index in [1.807, 2.05) is 6.92 Å². The molecule has 1 rings (SSSR count). The van der Waals surface area contributed by atoms with Crippen LogP contribution in [0.4, 0.5) is 0 Å². The summed E-state index contributed by atoms with van der Waals surface area (Å²) in [7, 11) is 4.10. The van der Waals surface area contributed by atoms with Gasteiger partial charge >= 0.3 is 0 Å². The van der Waals surface area contributed by atoms with Gasteiger partial charge in [-0.15, -0.1) is 0 Å². The lowest BCUT2D eigenvalue weighted by Crippen LogP contribution is -2.32. The van der Waals surface area contributed by atoms with Crippen LogP contribution in [0.15, 0.2) is 4.99 Å². The zero-order valence-corrected chi connectivity index (χ0v) is 11.2. The molecule has 2 atom stereocenters. The van der Waals surface area contributed by atoms with Gasteiger partial charge in [0.25, 0.3) is 0 Å². The molecule has 0 aliphatic carbocycles. The Morgan fingerprint density at radius 2 is 2.38 bits per heavy atom. The summed E-state index contributed by atoms with van der Waals surface area (Å²) in [6.07, 6.45) is 1.18. The topological polar surface area (TPSA) is 48.6 Å². The van der Waals surface area contributed by atoms with Crippen molar-refractivity contribution in [3.63, 3.8) is 0 Å². The second-order valence-corrected chi connectivity index (χ2v) is 5.94. The highest BCUT2D eigenvalue weighted by Gasteiger charge is 2.34. The Hall–Kier alpha value is -0.570. The summed E-state index contributed by atoms with van der Waals surface area (Å²) in [4.78, 5) is 5.93. The van der Waals surface area contributed by atoms with E-state index in [0.717, 1.165) is 13.0 Å². The second kappa shape index (κ2) is 5.67. The average molecular weight is 241 g/mol. The van der Waals surface area contributed by atoms with Crippen LogP contribution < -0.4 is 0 Å². The molecule has 0 saturated heterocycles. The highest BCUT2D eigenvalue weighted by Crippen LogP contribution is 2.34. The van der Waals surface area contributed by atoms with Gasteiger partial charge in [-0.2, -0.15) is 5.26 Å². The van der Waals surface area contributed by atoms with Crippen molar-refractivity contribution in [1.29, 1.82) is 5.26 Å². The predicted molar refractivity (Wildman–Crippen MR) is 67.6 cm³/mol. The van der Waals surface area contributed by atoms with E-state index in [0.29, 0.717) is 11.6 Å². The van der Waals surface area contributed by atoms with Crippen LogP contribution in [0.5, 0.6) is 0 Å². The van der Waals surface area contributed by atoms with Crippen molar-refractivity contribution in [2.45, 2.75) is 31.3 Å². The molecule has 0 radical (unpaired) electrons. The molecule has 0 aromatic heterocycles. The first kappa shape index (κ1) is 13.5. The number of thioether (sulfide) groups is 1. The minimum atomic E-state index is -0.350. The first-order valence-electron chi connectivity index (χ1n) is 5.41. The molecule has 90 valence electrons. The molecule has 1 aliphatic rings. The molecule has 0 spiro atoms. The zero-order valence-electron chi connectivity index (χ0n) is 10.4. The van der Waals surface area contributed by atoms with Crippen molar-refractivity contribution < 1.29 is 4.74 Å². The van der Waals surface area contributed by atoms with Gasteiger partial charge in [-0.05, 0) is 40.9 Å². The summed E-state index contributed by atoms with van der Waals surface area (Å²) in [5.41, 5.74) is 0. The van der Waals surface area contributed by atoms with Gasteiger partial charge in [0, 0.05) is 0 Å². The fraction of sp³-hybridized carbons (Fsp3) is 0.818. The smallest absolute Gasteiger partial charge is 0.172 e. The standard InChI is InChI=1S/C11H19N3OS/c1-9(5-6-14(3)4)15-11(2)8-13-10(7-12)16-11/h9H,5-6,8H2,1-4H3. The van der Waals surface area contributed by atoms with E-state index in [-0.39, 0.29) is 11.0 Å². The van der Waals surface area contributed by atoms with Crippen LogP contribution in [0, 0.1) is 11.3 Å². The van der Waals surface area contributed by atoms with Crippen LogP contribution in [0.2, 0.25) is 0 Å². The van der Waals surface area contributed by atoms with Crippen molar-refractivity contribution in [3.05, 3.63) is 0 Å². The van der Waals surface area contributed by atoms with Crippen LogP contribution >= 0.6 is 11.8 Å². The molecular weight excluding hydrogens is 222 g/mol. The molecule has 1 aliphatic heterocycles. The third-order valence-electron chi connectivity index (χ3n) is 2.35. The molecular formula is C11H19N3OS. The van der Waals surface area contributed by atoms with Crippen LogP contribution in [0.1, 0.15) is 20.3 Å². The van der Waals surface area contributed by atoms with E-state index in [2.05, 4.69) is 37.0 Å². The molecule has 1 heterocycles. The summed E-state index contributed by atoms with van der Waals surface area (Å²) in [5.74, 6) is 0. The molecule has 5 heteroatoms. The molecule has 16 heavy (non-hydrogen) atoms. The minimum Gasteiger partial charge on any atom is -0.359 e. The number of aliphatic imine (C=N–C) groups is 1. The van der Waals surface area contributed by atoms with Gasteiger partial charge < -0.3 is 9.64 Å². The number of hydrogen-bond donors (Lipinski definition) is 0. The van der Waals surface area contributed by atoms with Gasteiger partial charge in [0.05, 0.1) is 12.6 Å². The molecule has 0 amide bonds. The molecule has 0 aromatic carbocycles. The maximum atomic E-state index is 8.74. The van der Waals surface area contributed by atoms with Crippen molar-refractivity contribution in [2.24, 2.45) is 4.99 Å². The third kappa shape index (κ3) is 4.12. The lowest BCUT2D eigenvalue weighted by Gasteiger charge is -2.27. The summed E-state index contributed by atoms with van der Waals surface area (Å²) in [6, 6.07) is 2.07. The molecule has 0 aromatic rings. The predicted octanol–water partition coefficient (Wildman–Crippen LogP) is 1.73. The minimum absolute atomic E-state index is 0.188. The number of rotatable bonds is 5. The molecule has 4 nitrogen and oxygen atoms in total. The maximum absolute atomic E-state index is 8.74. The summed E-state index contributed by atoms with van der Waals surface area (Å²) >= 11 is 1.43. The number of hydrogen-bond acceptors (Lipinski definition) is 5. The van der Waals surface area contributed by atoms with Crippen LogP contribution in [-0.2, 0) is 4.74 Å². The van der Waals surface area contributed by atoms with Crippen LogP contribution in [0.25, 0.3) is 0 Å². The first-order valence-corrected chi connectivity index (χ1v) is 6.23. The Morgan fingerprint density at radius 1 is 1.69 bits per heavy atom. The molecule has 0 saturated carbocycles. The van der Waals surface area contributed by atoms with Crippen molar-refractivity contribution in [2.75, 3.05) is 27.2 Å². The van der Waals surface area contributed by atoms with Crippen molar-refractivity contribution in [1.82, 2.24) is 4.90 Å². The highest BCUT2D eigenvalue weighted by atomic mass is 32.2. The third-order valence-corrected chi connectivity index (χ3v) is 3.42. The molecule has 2 unspecified atom stereocenters. The Bertz CT molecular complexity index is 311. The van der Waals surface area contributed by atoms with E-state index in [1.54, 1.807) is 0 Å². The lowest BCUT2D eigenvalue weighted by molar-refractivity contribution is -0.0136. The number of nitriles is 1. The van der Waals surface area contributed by atoms with E-state index in [9.17, 15) is 0 Å².